The van der Waals surface area contributed by atoms with Gasteiger partial charge in [-0.3, -0.25) is 11.3 Å². The van der Waals surface area contributed by atoms with Crippen LogP contribution in [0, 0.1) is 0 Å². The maximum Gasteiger partial charge on any atom is 0.0590 e. The Morgan fingerprint density at radius 2 is 2.43 bits per heavy atom. The largest absolute Gasteiger partial charge is 0.378 e. The Kier molecular flexibility index (Phi) is 5.15. The van der Waals surface area contributed by atoms with Crippen LogP contribution in [-0.4, -0.2) is 18.8 Å². The van der Waals surface area contributed by atoms with Crippen LogP contribution in [0.1, 0.15) is 39.0 Å². The van der Waals surface area contributed by atoms with Gasteiger partial charge in [-0.05, 0) is 39.0 Å². The molecular formula is C11H22N2O. The number of hydrogen-bond donors (Lipinski definition) is 2. The molecule has 0 aromatic carbocycles. The molecule has 0 saturated carbocycles. The molecule has 0 spiro atoms. The first kappa shape index (κ1) is 11.7. The van der Waals surface area contributed by atoms with Crippen molar-refractivity contribution < 1.29 is 4.74 Å². The minimum atomic E-state index is 0.315. The molecule has 1 fully saturated rings. The minimum absolute atomic E-state index is 0.315. The van der Waals surface area contributed by atoms with Crippen LogP contribution >= 0.6 is 0 Å². The third-order valence-electron chi connectivity index (χ3n) is 2.65. The monoisotopic (exact) mass is 198 g/mol. The van der Waals surface area contributed by atoms with Crippen molar-refractivity contribution in [2.75, 3.05) is 6.61 Å². The first-order chi connectivity index (χ1) is 6.72. The molecule has 1 aliphatic rings. The van der Waals surface area contributed by atoms with E-state index in [0.717, 1.165) is 19.4 Å². The van der Waals surface area contributed by atoms with E-state index in [-0.39, 0.29) is 0 Å². The van der Waals surface area contributed by atoms with Crippen LogP contribution in [0.25, 0.3) is 0 Å². The number of nitrogens with one attached hydrogen (secondary N) is 1. The van der Waals surface area contributed by atoms with Gasteiger partial charge in [0.15, 0.2) is 0 Å². The first-order valence-electron chi connectivity index (χ1n) is 5.44. The molecule has 1 saturated heterocycles. The van der Waals surface area contributed by atoms with E-state index in [9.17, 15) is 0 Å². The third kappa shape index (κ3) is 4.22. The fourth-order valence-electron chi connectivity index (χ4n) is 1.94. The van der Waals surface area contributed by atoms with Gasteiger partial charge in [-0.2, -0.15) is 0 Å². The highest BCUT2D eigenvalue weighted by atomic mass is 16.5. The highest BCUT2D eigenvalue weighted by molar-refractivity contribution is 4.93. The van der Waals surface area contributed by atoms with Crippen LogP contribution in [-0.2, 0) is 4.74 Å². The van der Waals surface area contributed by atoms with Gasteiger partial charge >= 0.3 is 0 Å². The summed E-state index contributed by atoms with van der Waals surface area (Å²) >= 11 is 0. The lowest BCUT2D eigenvalue weighted by atomic mass is 9.98. The van der Waals surface area contributed by atoms with Crippen molar-refractivity contribution >= 4 is 0 Å². The van der Waals surface area contributed by atoms with E-state index >= 15 is 0 Å². The van der Waals surface area contributed by atoms with Gasteiger partial charge in [-0.1, -0.05) is 5.57 Å². The second-order valence-corrected chi connectivity index (χ2v) is 4.25. The van der Waals surface area contributed by atoms with Gasteiger partial charge in [-0.15, -0.1) is 6.58 Å². The maximum atomic E-state index is 5.67. The van der Waals surface area contributed by atoms with Crippen molar-refractivity contribution in [1.82, 2.24) is 5.43 Å². The molecule has 2 atom stereocenters. The molecule has 3 heteroatoms. The predicted octanol–water partition coefficient (Wildman–Crippen LogP) is 1.74. The van der Waals surface area contributed by atoms with Gasteiger partial charge in [0.05, 0.1) is 6.10 Å². The van der Waals surface area contributed by atoms with E-state index in [1.54, 1.807) is 0 Å². The number of hydrogen-bond acceptors (Lipinski definition) is 3. The summed E-state index contributed by atoms with van der Waals surface area (Å²) in [6.07, 6.45) is 6.00. The summed E-state index contributed by atoms with van der Waals surface area (Å²) in [5.41, 5.74) is 4.01. The topological polar surface area (TPSA) is 47.3 Å². The normalized spacial score (nSPS) is 24.6. The Balaban J connectivity index is 2.27. The molecular weight excluding hydrogens is 176 g/mol. The Morgan fingerprint density at radius 1 is 1.64 bits per heavy atom. The van der Waals surface area contributed by atoms with E-state index in [1.165, 1.54) is 24.8 Å². The molecule has 0 bridgehead atoms. The minimum Gasteiger partial charge on any atom is -0.378 e. The van der Waals surface area contributed by atoms with E-state index < -0.39 is 0 Å². The number of ether oxygens (including phenoxy) is 1. The van der Waals surface area contributed by atoms with Gasteiger partial charge in [-0.25, -0.2) is 0 Å². The van der Waals surface area contributed by atoms with Gasteiger partial charge < -0.3 is 4.74 Å². The molecule has 0 aliphatic carbocycles. The fourth-order valence-corrected chi connectivity index (χ4v) is 1.94. The van der Waals surface area contributed by atoms with Crippen LogP contribution in [0.3, 0.4) is 0 Å². The zero-order valence-corrected chi connectivity index (χ0v) is 9.09. The summed E-state index contributed by atoms with van der Waals surface area (Å²) < 4.78 is 5.67. The van der Waals surface area contributed by atoms with Crippen LogP contribution < -0.4 is 11.3 Å². The standard InChI is InChI=1S/C11H22N2O/c1-9(2)7-10(13-12)8-11-5-3-4-6-14-11/h10-11,13H,1,3-8,12H2,2H3. The SMILES string of the molecule is C=C(C)CC(CC1CCCCO1)NN. The van der Waals surface area contributed by atoms with Crippen LogP contribution in [0.4, 0.5) is 0 Å². The van der Waals surface area contributed by atoms with Gasteiger partial charge in [0.25, 0.3) is 0 Å². The summed E-state index contributed by atoms with van der Waals surface area (Å²) in [5, 5.41) is 0. The molecule has 2 unspecified atom stereocenters. The summed E-state index contributed by atoms with van der Waals surface area (Å²) in [4.78, 5) is 0. The van der Waals surface area contributed by atoms with Crippen molar-refractivity contribution in [3.05, 3.63) is 12.2 Å². The van der Waals surface area contributed by atoms with Crippen molar-refractivity contribution in [1.29, 1.82) is 0 Å². The van der Waals surface area contributed by atoms with E-state index in [4.69, 9.17) is 10.6 Å². The number of rotatable bonds is 5. The van der Waals surface area contributed by atoms with Gasteiger partial charge in [0.2, 0.25) is 0 Å². The third-order valence-corrected chi connectivity index (χ3v) is 2.65. The summed E-state index contributed by atoms with van der Waals surface area (Å²) in [5.74, 6) is 5.49. The lowest BCUT2D eigenvalue weighted by Gasteiger charge is -2.26. The Bertz CT molecular complexity index is 176. The maximum absolute atomic E-state index is 5.67. The summed E-state index contributed by atoms with van der Waals surface area (Å²) in [6, 6.07) is 0.315. The second-order valence-electron chi connectivity index (χ2n) is 4.25. The highest BCUT2D eigenvalue weighted by Crippen LogP contribution is 2.18. The second kappa shape index (κ2) is 6.17. The smallest absolute Gasteiger partial charge is 0.0590 e. The Labute approximate surface area is 86.7 Å². The molecule has 1 heterocycles. The van der Waals surface area contributed by atoms with Crippen LogP contribution in [0.15, 0.2) is 12.2 Å². The van der Waals surface area contributed by atoms with Gasteiger partial charge in [0.1, 0.15) is 0 Å². The zero-order chi connectivity index (χ0) is 10.4. The summed E-state index contributed by atoms with van der Waals surface area (Å²) in [7, 11) is 0. The molecule has 3 nitrogen and oxygen atoms in total. The lowest BCUT2D eigenvalue weighted by molar-refractivity contribution is 0.00525. The molecule has 1 aliphatic heterocycles. The van der Waals surface area contributed by atoms with E-state index in [2.05, 4.69) is 12.0 Å². The van der Waals surface area contributed by atoms with E-state index in [0.29, 0.717) is 12.1 Å². The van der Waals surface area contributed by atoms with Crippen molar-refractivity contribution in [3.8, 4) is 0 Å². The Hall–Kier alpha value is -0.380. The molecule has 14 heavy (non-hydrogen) atoms. The van der Waals surface area contributed by atoms with Crippen LogP contribution in [0.2, 0.25) is 0 Å². The highest BCUT2D eigenvalue weighted by Gasteiger charge is 2.18. The molecule has 3 N–H and O–H groups in total. The fraction of sp³-hybridized carbons (Fsp3) is 0.818. The molecule has 0 aromatic rings. The lowest BCUT2D eigenvalue weighted by Crippen LogP contribution is -2.39. The molecule has 1 rings (SSSR count). The van der Waals surface area contributed by atoms with Crippen molar-refractivity contribution in [3.63, 3.8) is 0 Å². The van der Waals surface area contributed by atoms with Crippen molar-refractivity contribution in [2.45, 2.75) is 51.2 Å². The van der Waals surface area contributed by atoms with Crippen molar-refractivity contribution in [2.24, 2.45) is 5.84 Å². The number of hydrazine groups is 1. The molecule has 82 valence electrons. The van der Waals surface area contributed by atoms with Crippen LogP contribution in [0.5, 0.6) is 0 Å². The first-order valence-corrected chi connectivity index (χ1v) is 5.44. The average molecular weight is 198 g/mol. The summed E-state index contributed by atoms with van der Waals surface area (Å²) in [6.45, 7) is 6.85. The quantitative estimate of drug-likeness (QED) is 0.402. The average Bonchev–Trinajstić information content (AvgIpc) is 2.17. The molecule has 0 radical (unpaired) electrons. The molecule has 0 aromatic heterocycles. The van der Waals surface area contributed by atoms with E-state index in [1.807, 2.05) is 6.92 Å². The zero-order valence-electron chi connectivity index (χ0n) is 9.09. The Morgan fingerprint density at radius 3 is 2.93 bits per heavy atom. The molecule has 0 amide bonds. The van der Waals surface area contributed by atoms with Gasteiger partial charge in [0, 0.05) is 12.6 Å². The predicted molar refractivity (Wildman–Crippen MR) is 58.8 cm³/mol. The number of nitrogens with two attached hydrogens (primary N) is 1.